The van der Waals surface area contributed by atoms with Gasteiger partial charge in [0.05, 0.1) is 23.6 Å². The van der Waals surface area contributed by atoms with Crippen LogP contribution in [0.5, 0.6) is 0 Å². The second kappa shape index (κ2) is 2.40. The van der Waals surface area contributed by atoms with Crippen LogP contribution in [0.15, 0.2) is 6.33 Å². The van der Waals surface area contributed by atoms with Crippen molar-refractivity contribution in [3.05, 3.63) is 17.7 Å². The molecule has 0 fully saturated rings. The van der Waals surface area contributed by atoms with E-state index in [1.165, 1.54) is 0 Å². The fourth-order valence-corrected chi connectivity index (χ4v) is 1.15. The molecule has 0 aliphatic rings. The zero-order valence-corrected chi connectivity index (χ0v) is 6.31. The molecule has 1 aromatic rings. The molecular formula is C6H9ClN2. The fraction of sp³-hybridized carbons (Fsp3) is 0.500. The van der Waals surface area contributed by atoms with E-state index in [2.05, 4.69) is 4.98 Å². The van der Waals surface area contributed by atoms with Gasteiger partial charge in [-0.05, 0) is 6.92 Å². The molecule has 9 heavy (non-hydrogen) atoms. The van der Waals surface area contributed by atoms with Gasteiger partial charge >= 0.3 is 0 Å². The van der Waals surface area contributed by atoms with Crippen LogP contribution in [0.1, 0.15) is 11.4 Å². The highest BCUT2D eigenvalue weighted by Crippen LogP contribution is 2.06. The highest BCUT2D eigenvalue weighted by molar-refractivity contribution is 6.17. The van der Waals surface area contributed by atoms with Gasteiger partial charge in [-0.3, -0.25) is 0 Å². The molecule has 0 N–H and O–H groups in total. The molecule has 3 heteroatoms. The lowest BCUT2D eigenvalue weighted by molar-refractivity contribution is 0.862. The lowest BCUT2D eigenvalue weighted by atomic mass is 10.4. The van der Waals surface area contributed by atoms with Crippen LogP contribution in [0.4, 0.5) is 0 Å². The van der Waals surface area contributed by atoms with Crippen molar-refractivity contribution in [2.75, 3.05) is 0 Å². The van der Waals surface area contributed by atoms with E-state index in [0.29, 0.717) is 5.88 Å². The molecule has 0 saturated carbocycles. The van der Waals surface area contributed by atoms with Gasteiger partial charge in [0.1, 0.15) is 0 Å². The molecule has 1 aromatic heterocycles. The quantitative estimate of drug-likeness (QED) is 0.546. The molecule has 0 aliphatic carbocycles. The highest BCUT2D eigenvalue weighted by atomic mass is 35.5. The second-order valence-corrected chi connectivity index (χ2v) is 2.29. The Morgan fingerprint density at radius 1 is 1.78 bits per heavy atom. The fourth-order valence-electron chi connectivity index (χ4n) is 0.764. The third-order valence-corrected chi connectivity index (χ3v) is 1.65. The standard InChI is InChI=1S/C6H9ClN2/c1-5-6(3-7)9(2)4-8-5/h4H,3H2,1-2H3. The number of imidazole rings is 1. The predicted octanol–water partition coefficient (Wildman–Crippen LogP) is 1.47. The van der Waals surface area contributed by atoms with Gasteiger partial charge in [0, 0.05) is 7.05 Å². The topological polar surface area (TPSA) is 17.8 Å². The maximum absolute atomic E-state index is 5.62. The zero-order valence-electron chi connectivity index (χ0n) is 5.56. The summed E-state index contributed by atoms with van der Waals surface area (Å²) in [5.74, 6) is 0.544. The second-order valence-electron chi connectivity index (χ2n) is 2.02. The Balaban J connectivity index is 3.07. The van der Waals surface area contributed by atoms with Gasteiger partial charge in [-0.25, -0.2) is 4.98 Å². The molecule has 1 rings (SSSR count). The molecule has 2 nitrogen and oxygen atoms in total. The summed E-state index contributed by atoms with van der Waals surface area (Å²) in [6, 6.07) is 0. The van der Waals surface area contributed by atoms with E-state index in [0.717, 1.165) is 11.4 Å². The first-order valence-electron chi connectivity index (χ1n) is 2.78. The molecule has 0 radical (unpaired) electrons. The molecule has 0 saturated heterocycles. The van der Waals surface area contributed by atoms with Crippen molar-refractivity contribution in [2.45, 2.75) is 12.8 Å². The third-order valence-electron chi connectivity index (χ3n) is 1.39. The Morgan fingerprint density at radius 2 is 2.44 bits per heavy atom. The van der Waals surface area contributed by atoms with Crippen LogP contribution in [-0.2, 0) is 12.9 Å². The van der Waals surface area contributed by atoms with Gasteiger partial charge < -0.3 is 4.57 Å². The number of hydrogen-bond donors (Lipinski definition) is 0. The van der Waals surface area contributed by atoms with E-state index in [4.69, 9.17) is 11.6 Å². The Morgan fingerprint density at radius 3 is 2.67 bits per heavy atom. The number of alkyl halides is 1. The van der Waals surface area contributed by atoms with Gasteiger partial charge in [-0.15, -0.1) is 11.6 Å². The van der Waals surface area contributed by atoms with Crippen LogP contribution in [0.25, 0.3) is 0 Å². The molecule has 0 atom stereocenters. The summed E-state index contributed by atoms with van der Waals surface area (Å²) in [5.41, 5.74) is 2.11. The molecule has 0 unspecified atom stereocenters. The number of hydrogen-bond acceptors (Lipinski definition) is 1. The van der Waals surface area contributed by atoms with Crippen molar-refractivity contribution in [3.63, 3.8) is 0 Å². The molecular weight excluding hydrogens is 136 g/mol. The highest BCUT2D eigenvalue weighted by Gasteiger charge is 1.99. The Kier molecular flexibility index (Phi) is 1.76. The first-order valence-corrected chi connectivity index (χ1v) is 3.32. The van der Waals surface area contributed by atoms with E-state index in [9.17, 15) is 0 Å². The Bertz CT molecular complexity index is 185. The van der Waals surface area contributed by atoms with Crippen LogP contribution in [0.2, 0.25) is 0 Å². The summed E-state index contributed by atoms with van der Waals surface area (Å²) in [6.07, 6.45) is 1.77. The Labute approximate surface area is 59.5 Å². The number of rotatable bonds is 1. The van der Waals surface area contributed by atoms with Gasteiger partial charge in [-0.2, -0.15) is 0 Å². The molecule has 0 bridgehead atoms. The van der Waals surface area contributed by atoms with E-state index in [1.54, 1.807) is 6.33 Å². The monoisotopic (exact) mass is 144 g/mol. The number of halogens is 1. The first kappa shape index (κ1) is 6.62. The average molecular weight is 145 g/mol. The van der Waals surface area contributed by atoms with E-state index < -0.39 is 0 Å². The molecule has 0 spiro atoms. The summed E-state index contributed by atoms with van der Waals surface area (Å²) in [5, 5.41) is 0. The maximum atomic E-state index is 5.62. The minimum absolute atomic E-state index is 0.544. The van der Waals surface area contributed by atoms with Gasteiger partial charge in [0.15, 0.2) is 0 Å². The SMILES string of the molecule is Cc1ncn(C)c1CCl. The van der Waals surface area contributed by atoms with E-state index in [-0.39, 0.29) is 0 Å². The van der Waals surface area contributed by atoms with Crippen LogP contribution in [-0.4, -0.2) is 9.55 Å². The molecule has 0 aliphatic heterocycles. The van der Waals surface area contributed by atoms with Crippen molar-refractivity contribution in [1.29, 1.82) is 0 Å². The van der Waals surface area contributed by atoms with Crippen LogP contribution in [0, 0.1) is 6.92 Å². The van der Waals surface area contributed by atoms with Crippen molar-refractivity contribution in [2.24, 2.45) is 7.05 Å². The third kappa shape index (κ3) is 1.08. The summed E-state index contributed by atoms with van der Waals surface area (Å²) < 4.78 is 1.93. The van der Waals surface area contributed by atoms with E-state index >= 15 is 0 Å². The van der Waals surface area contributed by atoms with Crippen LogP contribution in [0.3, 0.4) is 0 Å². The summed E-state index contributed by atoms with van der Waals surface area (Å²) in [6.45, 7) is 1.96. The van der Waals surface area contributed by atoms with Crippen molar-refractivity contribution in [1.82, 2.24) is 9.55 Å². The summed E-state index contributed by atoms with van der Waals surface area (Å²) in [7, 11) is 1.94. The van der Waals surface area contributed by atoms with Gasteiger partial charge in [0.2, 0.25) is 0 Å². The number of aromatic nitrogens is 2. The maximum Gasteiger partial charge on any atom is 0.0949 e. The predicted molar refractivity (Wildman–Crippen MR) is 37.5 cm³/mol. The van der Waals surface area contributed by atoms with Gasteiger partial charge in [-0.1, -0.05) is 0 Å². The number of nitrogens with zero attached hydrogens (tertiary/aromatic N) is 2. The lowest BCUT2D eigenvalue weighted by Crippen LogP contribution is -1.92. The summed E-state index contributed by atoms with van der Waals surface area (Å²) in [4.78, 5) is 4.07. The molecule has 50 valence electrons. The first-order chi connectivity index (χ1) is 4.25. The normalized spacial score (nSPS) is 10.1. The number of aryl methyl sites for hydroxylation is 2. The van der Waals surface area contributed by atoms with Crippen LogP contribution >= 0.6 is 11.6 Å². The lowest BCUT2D eigenvalue weighted by Gasteiger charge is -1.95. The van der Waals surface area contributed by atoms with Crippen molar-refractivity contribution < 1.29 is 0 Å². The molecule has 0 amide bonds. The largest absolute Gasteiger partial charge is 0.336 e. The van der Waals surface area contributed by atoms with E-state index in [1.807, 2.05) is 18.5 Å². The van der Waals surface area contributed by atoms with Crippen LogP contribution < -0.4 is 0 Å². The summed E-state index contributed by atoms with van der Waals surface area (Å²) >= 11 is 5.62. The van der Waals surface area contributed by atoms with Gasteiger partial charge in [0.25, 0.3) is 0 Å². The molecule has 0 aromatic carbocycles. The minimum Gasteiger partial charge on any atom is -0.336 e. The smallest absolute Gasteiger partial charge is 0.0949 e. The Hall–Kier alpha value is -0.500. The zero-order chi connectivity index (χ0) is 6.85. The van der Waals surface area contributed by atoms with Crippen molar-refractivity contribution in [3.8, 4) is 0 Å². The molecule has 1 heterocycles. The minimum atomic E-state index is 0.544. The average Bonchev–Trinajstić information content (AvgIpc) is 2.12. The van der Waals surface area contributed by atoms with Crippen molar-refractivity contribution >= 4 is 11.6 Å².